The van der Waals surface area contributed by atoms with Crippen LogP contribution in [0.2, 0.25) is 5.02 Å². The van der Waals surface area contributed by atoms with E-state index >= 15 is 0 Å². The first kappa shape index (κ1) is 11.7. The number of aromatic carboxylic acids is 1. The summed E-state index contributed by atoms with van der Waals surface area (Å²) in [6.45, 7) is 1.77. The van der Waals surface area contributed by atoms with E-state index in [4.69, 9.17) is 21.1 Å². The van der Waals surface area contributed by atoms with Gasteiger partial charge in [0, 0.05) is 0 Å². The highest BCUT2D eigenvalue weighted by atomic mass is 35.5. The molecular formula is C12H8ClN3O3. The topological polar surface area (TPSA) is 81.2 Å². The molecule has 0 aliphatic carbocycles. The minimum absolute atomic E-state index is 0.143. The molecule has 3 rings (SSSR count). The lowest BCUT2D eigenvalue weighted by Gasteiger charge is -1.91. The van der Waals surface area contributed by atoms with Crippen LogP contribution >= 0.6 is 11.6 Å². The minimum Gasteiger partial charge on any atom is -0.478 e. The van der Waals surface area contributed by atoms with Gasteiger partial charge >= 0.3 is 12.0 Å². The van der Waals surface area contributed by atoms with Crippen LogP contribution in [0, 0.1) is 6.92 Å². The van der Waals surface area contributed by atoms with Gasteiger partial charge in [-0.25, -0.2) is 4.79 Å². The maximum atomic E-state index is 10.9. The van der Waals surface area contributed by atoms with Crippen molar-refractivity contribution in [3.63, 3.8) is 0 Å². The zero-order chi connectivity index (χ0) is 13.6. The number of carboxylic acid groups (broad SMARTS) is 1. The molecule has 0 saturated carbocycles. The molecule has 0 saturated heterocycles. The van der Waals surface area contributed by atoms with E-state index in [1.54, 1.807) is 19.2 Å². The molecular weight excluding hydrogens is 270 g/mol. The Morgan fingerprint density at radius 1 is 1.47 bits per heavy atom. The third-order valence-electron chi connectivity index (χ3n) is 2.66. The minimum atomic E-state index is -1.02. The number of hydrogen-bond acceptors (Lipinski definition) is 4. The number of oxazole rings is 1. The van der Waals surface area contributed by atoms with Crippen LogP contribution in [0.5, 0.6) is 0 Å². The molecule has 0 amide bonds. The van der Waals surface area contributed by atoms with Gasteiger partial charge in [0.1, 0.15) is 5.52 Å². The maximum Gasteiger partial charge on any atom is 0.335 e. The Balaban J connectivity index is 2.13. The first-order valence-electron chi connectivity index (χ1n) is 5.40. The summed E-state index contributed by atoms with van der Waals surface area (Å²) in [6, 6.07) is 4.72. The molecule has 2 heterocycles. The summed E-state index contributed by atoms with van der Waals surface area (Å²) in [4.78, 5) is 15.1. The molecule has 2 aromatic heterocycles. The molecule has 0 fully saturated rings. The zero-order valence-corrected chi connectivity index (χ0v) is 10.5. The van der Waals surface area contributed by atoms with Crippen LogP contribution in [0.15, 0.2) is 28.8 Å². The van der Waals surface area contributed by atoms with Crippen molar-refractivity contribution in [3.05, 3.63) is 40.7 Å². The molecule has 0 aliphatic rings. The van der Waals surface area contributed by atoms with Gasteiger partial charge in [-0.1, -0.05) is 11.6 Å². The van der Waals surface area contributed by atoms with Gasteiger partial charge in [-0.15, -0.1) is 0 Å². The van der Waals surface area contributed by atoms with E-state index in [2.05, 4.69) is 10.1 Å². The first-order chi connectivity index (χ1) is 9.04. The number of nitrogens with zero attached hydrogens (tertiary/aromatic N) is 3. The Bertz CT molecular complexity index is 771. The zero-order valence-electron chi connectivity index (χ0n) is 9.79. The molecule has 1 aromatic carbocycles. The fraction of sp³-hybridized carbons (Fsp3) is 0.0833. The summed E-state index contributed by atoms with van der Waals surface area (Å²) >= 11 is 5.91. The van der Waals surface area contributed by atoms with Crippen molar-refractivity contribution < 1.29 is 14.3 Å². The normalized spacial score (nSPS) is 11.1. The molecule has 6 nitrogen and oxygen atoms in total. The molecule has 0 spiro atoms. The smallest absolute Gasteiger partial charge is 0.335 e. The van der Waals surface area contributed by atoms with E-state index in [-0.39, 0.29) is 11.6 Å². The Morgan fingerprint density at radius 3 is 2.89 bits per heavy atom. The van der Waals surface area contributed by atoms with Gasteiger partial charge < -0.3 is 9.52 Å². The van der Waals surface area contributed by atoms with E-state index in [0.29, 0.717) is 21.8 Å². The lowest BCUT2D eigenvalue weighted by Crippen LogP contribution is -1.94. The van der Waals surface area contributed by atoms with Gasteiger partial charge in [-0.05, 0) is 25.1 Å². The molecule has 0 bridgehead atoms. The Kier molecular flexibility index (Phi) is 2.53. The molecule has 96 valence electrons. The van der Waals surface area contributed by atoms with E-state index in [1.165, 1.54) is 16.8 Å². The van der Waals surface area contributed by atoms with Gasteiger partial charge in [0.05, 0.1) is 22.5 Å². The third-order valence-corrected chi connectivity index (χ3v) is 3.03. The van der Waals surface area contributed by atoms with Gasteiger partial charge in [0.15, 0.2) is 5.58 Å². The van der Waals surface area contributed by atoms with Crippen LogP contribution in [0.1, 0.15) is 16.1 Å². The number of hydrogen-bond donors (Lipinski definition) is 1. The quantitative estimate of drug-likeness (QED) is 0.779. The van der Waals surface area contributed by atoms with Gasteiger partial charge in [0.2, 0.25) is 0 Å². The number of fused-ring (bicyclic) bond motifs is 1. The van der Waals surface area contributed by atoms with Crippen molar-refractivity contribution in [3.8, 4) is 6.01 Å². The fourth-order valence-corrected chi connectivity index (χ4v) is 1.81. The number of benzene rings is 1. The van der Waals surface area contributed by atoms with Crippen molar-refractivity contribution in [1.29, 1.82) is 0 Å². The average Bonchev–Trinajstić information content (AvgIpc) is 2.92. The van der Waals surface area contributed by atoms with Crippen LogP contribution in [0.4, 0.5) is 0 Å². The van der Waals surface area contributed by atoms with Crippen LogP contribution in [0.3, 0.4) is 0 Å². The summed E-state index contributed by atoms with van der Waals surface area (Å²) in [5, 5.41) is 13.6. The lowest BCUT2D eigenvalue weighted by molar-refractivity contribution is 0.0697. The fourth-order valence-electron chi connectivity index (χ4n) is 1.68. The van der Waals surface area contributed by atoms with Crippen LogP contribution in [-0.4, -0.2) is 25.8 Å². The Morgan fingerprint density at radius 2 is 2.26 bits per heavy atom. The lowest BCUT2D eigenvalue weighted by atomic mass is 10.2. The molecule has 0 radical (unpaired) electrons. The van der Waals surface area contributed by atoms with E-state index in [1.807, 2.05) is 0 Å². The molecule has 0 aliphatic heterocycles. The largest absolute Gasteiger partial charge is 0.478 e. The van der Waals surface area contributed by atoms with Crippen LogP contribution < -0.4 is 0 Å². The summed E-state index contributed by atoms with van der Waals surface area (Å²) < 4.78 is 6.90. The second-order valence-electron chi connectivity index (χ2n) is 3.99. The van der Waals surface area contributed by atoms with Crippen LogP contribution in [-0.2, 0) is 0 Å². The second-order valence-corrected chi connectivity index (χ2v) is 4.40. The van der Waals surface area contributed by atoms with E-state index in [0.717, 1.165) is 0 Å². The van der Waals surface area contributed by atoms with Crippen molar-refractivity contribution in [2.45, 2.75) is 6.92 Å². The van der Waals surface area contributed by atoms with Gasteiger partial charge in [-0.2, -0.15) is 14.8 Å². The molecule has 19 heavy (non-hydrogen) atoms. The number of halogens is 1. The Labute approximate surface area is 112 Å². The number of carbonyl (C=O) groups is 1. The number of carboxylic acids is 1. The predicted octanol–water partition coefficient (Wildman–Crippen LogP) is 2.67. The number of rotatable bonds is 2. The van der Waals surface area contributed by atoms with Crippen molar-refractivity contribution >= 4 is 28.7 Å². The van der Waals surface area contributed by atoms with Crippen LogP contribution in [0.25, 0.3) is 17.1 Å². The van der Waals surface area contributed by atoms with Crippen molar-refractivity contribution in [2.24, 2.45) is 0 Å². The predicted molar refractivity (Wildman–Crippen MR) is 67.8 cm³/mol. The average molecular weight is 278 g/mol. The highest BCUT2D eigenvalue weighted by molar-refractivity contribution is 6.31. The Hall–Kier alpha value is -2.34. The van der Waals surface area contributed by atoms with E-state index < -0.39 is 5.97 Å². The van der Waals surface area contributed by atoms with Crippen molar-refractivity contribution in [2.75, 3.05) is 0 Å². The molecule has 0 unspecified atom stereocenters. The monoisotopic (exact) mass is 277 g/mol. The SMILES string of the molecule is Cc1nn(-c2nc3ccc(C(=O)O)cc3o2)cc1Cl. The molecule has 0 atom stereocenters. The van der Waals surface area contributed by atoms with Crippen molar-refractivity contribution in [1.82, 2.24) is 14.8 Å². The molecule has 7 heteroatoms. The maximum absolute atomic E-state index is 10.9. The summed E-state index contributed by atoms with van der Waals surface area (Å²) in [5.41, 5.74) is 1.75. The summed E-state index contributed by atoms with van der Waals surface area (Å²) in [5.74, 6) is -1.02. The number of aryl methyl sites for hydroxylation is 1. The molecule has 1 N–H and O–H groups in total. The molecule has 3 aromatic rings. The highest BCUT2D eigenvalue weighted by Gasteiger charge is 2.12. The van der Waals surface area contributed by atoms with Gasteiger partial charge in [0.25, 0.3) is 0 Å². The number of aromatic nitrogens is 3. The third kappa shape index (κ3) is 1.96. The van der Waals surface area contributed by atoms with Gasteiger partial charge in [-0.3, -0.25) is 0 Å². The van der Waals surface area contributed by atoms with E-state index in [9.17, 15) is 4.79 Å². The highest BCUT2D eigenvalue weighted by Crippen LogP contribution is 2.21. The second kappa shape index (κ2) is 4.10. The summed E-state index contributed by atoms with van der Waals surface area (Å²) in [6.07, 6.45) is 1.58. The first-order valence-corrected chi connectivity index (χ1v) is 5.78. The standard InChI is InChI=1S/C12H8ClN3O3/c1-6-8(13)5-16(15-6)12-14-9-3-2-7(11(17)18)4-10(9)19-12/h2-5H,1H3,(H,17,18). The summed E-state index contributed by atoms with van der Waals surface area (Å²) in [7, 11) is 0.